The number of carbonyl (C=O) groups excluding carboxylic acids is 1. The van der Waals surface area contributed by atoms with Crippen LogP contribution in [0, 0.1) is 0 Å². The molecule has 14 heteroatoms. The standard InChI is InChI=1S/C56H105NO13/c1-3-5-7-9-11-12-13-14-15-16-17-18-19-20-21-22-23-24-25-26-27-28-29-30-31-32-34-36-38-40-48(61)57-44(45(60)39-37-35-33-10-8-6-4-2)43-67-55-53(66)51(64)54(47(42-59)69-55)70-56-52(65)50(63)49(62)46(41-58)68-56/h8,10,37,39,44-47,49-56,58-60,62-66H,3-7,9,11-36,38,40-43H2,1-2H3,(H,57,61)/b10-8+,39-37+. The summed E-state index contributed by atoms with van der Waals surface area (Å²) in [5.74, 6) is -0.250. The Morgan fingerprint density at radius 3 is 1.37 bits per heavy atom. The van der Waals surface area contributed by atoms with E-state index in [0.717, 1.165) is 38.5 Å². The number of unbranched alkanes of at least 4 members (excludes halogenated alkanes) is 30. The Hall–Kier alpha value is -1.53. The number of aliphatic hydroxyl groups is 8. The first-order valence-electron chi connectivity index (χ1n) is 28.6. The summed E-state index contributed by atoms with van der Waals surface area (Å²) in [5.41, 5.74) is 0. The second-order valence-corrected chi connectivity index (χ2v) is 20.4. The molecule has 1 amide bonds. The van der Waals surface area contributed by atoms with Gasteiger partial charge in [-0.3, -0.25) is 4.79 Å². The molecule has 12 atom stereocenters. The molecule has 2 rings (SSSR count). The predicted octanol–water partition coefficient (Wildman–Crippen LogP) is 8.89. The first-order chi connectivity index (χ1) is 34.1. The van der Waals surface area contributed by atoms with Crippen LogP contribution < -0.4 is 5.32 Å². The lowest BCUT2D eigenvalue weighted by molar-refractivity contribution is -0.359. The van der Waals surface area contributed by atoms with E-state index in [1.54, 1.807) is 6.08 Å². The molecule has 0 radical (unpaired) electrons. The quantitative estimate of drug-likeness (QED) is 0.0205. The molecule has 12 unspecified atom stereocenters. The molecule has 412 valence electrons. The van der Waals surface area contributed by atoms with Gasteiger partial charge in [0.25, 0.3) is 0 Å². The Kier molecular flexibility index (Phi) is 39.5. The molecular weight excluding hydrogens is 895 g/mol. The van der Waals surface area contributed by atoms with Crippen LogP contribution in [-0.4, -0.2) is 140 Å². The summed E-state index contributed by atoms with van der Waals surface area (Å²) < 4.78 is 22.6. The monoisotopic (exact) mass is 1000 g/mol. The third-order valence-electron chi connectivity index (χ3n) is 14.1. The molecule has 0 aromatic carbocycles. The van der Waals surface area contributed by atoms with E-state index in [4.69, 9.17) is 18.9 Å². The van der Waals surface area contributed by atoms with E-state index >= 15 is 0 Å². The molecule has 0 saturated carbocycles. The van der Waals surface area contributed by atoms with E-state index in [-0.39, 0.29) is 18.9 Å². The van der Waals surface area contributed by atoms with Gasteiger partial charge in [0, 0.05) is 6.42 Å². The average molecular weight is 1000 g/mol. The first-order valence-corrected chi connectivity index (χ1v) is 28.6. The largest absolute Gasteiger partial charge is 0.394 e. The lowest BCUT2D eigenvalue weighted by Crippen LogP contribution is -2.65. The number of aliphatic hydroxyl groups excluding tert-OH is 8. The maximum atomic E-state index is 13.1. The molecule has 2 aliphatic heterocycles. The van der Waals surface area contributed by atoms with Crippen LogP contribution in [-0.2, 0) is 23.7 Å². The van der Waals surface area contributed by atoms with Gasteiger partial charge in [-0.05, 0) is 25.7 Å². The van der Waals surface area contributed by atoms with Crippen LogP contribution in [0.15, 0.2) is 24.3 Å². The zero-order valence-corrected chi connectivity index (χ0v) is 44.0. The number of allylic oxidation sites excluding steroid dienone is 3. The molecule has 2 heterocycles. The van der Waals surface area contributed by atoms with Crippen LogP contribution >= 0.6 is 0 Å². The number of rotatable bonds is 45. The number of amides is 1. The van der Waals surface area contributed by atoms with Crippen molar-refractivity contribution in [3.8, 4) is 0 Å². The molecule has 0 aliphatic carbocycles. The van der Waals surface area contributed by atoms with Crippen molar-refractivity contribution in [1.82, 2.24) is 5.32 Å². The highest BCUT2D eigenvalue weighted by Crippen LogP contribution is 2.30. The third kappa shape index (κ3) is 28.8. The Morgan fingerprint density at radius 2 is 0.914 bits per heavy atom. The number of hydrogen-bond donors (Lipinski definition) is 9. The highest BCUT2D eigenvalue weighted by atomic mass is 16.7. The summed E-state index contributed by atoms with van der Waals surface area (Å²) in [6.07, 6.45) is 32.9. The zero-order valence-electron chi connectivity index (χ0n) is 44.0. The van der Waals surface area contributed by atoms with Gasteiger partial charge in [0.05, 0.1) is 32.0 Å². The minimum absolute atomic E-state index is 0.250. The van der Waals surface area contributed by atoms with Crippen LogP contribution in [0.2, 0.25) is 0 Å². The fourth-order valence-electron chi connectivity index (χ4n) is 9.49. The molecular formula is C56H105NO13. The Labute approximate surface area is 424 Å². The number of hydrogen-bond acceptors (Lipinski definition) is 13. The van der Waals surface area contributed by atoms with Crippen LogP contribution in [0.1, 0.15) is 232 Å². The van der Waals surface area contributed by atoms with E-state index < -0.39 is 86.8 Å². The topological polar surface area (TPSA) is 228 Å². The first kappa shape index (κ1) is 64.6. The third-order valence-corrected chi connectivity index (χ3v) is 14.1. The molecule has 9 N–H and O–H groups in total. The maximum absolute atomic E-state index is 13.1. The molecule has 2 saturated heterocycles. The van der Waals surface area contributed by atoms with Crippen molar-refractivity contribution in [2.45, 2.75) is 306 Å². The molecule has 0 spiro atoms. The summed E-state index contributed by atoms with van der Waals surface area (Å²) in [6.45, 7) is 2.67. The van der Waals surface area contributed by atoms with Gasteiger partial charge in [0.2, 0.25) is 5.91 Å². The van der Waals surface area contributed by atoms with Gasteiger partial charge in [-0.15, -0.1) is 0 Å². The van der Waals surface area contributed by atoms with Crippen LogP contribution in [0.5, 0.6) is 0 Å². The lowest BCUT2D eigenvalue weighted by Gasteiger charge is -2.46. The lowest BCUT2D eigenvalue weighted by atomic mass is 9.97. The average Bonchev–Trinajstić information content (AvgIpc) is 3.36. The number of carbonyl (C=O) groups is 1. The molecule has 14 nitrogen and oxygen atoms in total. The molecule has 0 aromatic heterocycles. The van der Waals surface area contributed by atoms with Gasteiger partial charge < -0.3 is 65.1 Å². The minimum atomic E-state index is -1.79. The van der Waals surface area contributed by atoms with Crippen molar-refractivity contribution in [2.75, 3.05) is 19.8 Å². The molecule has 0 aromatic rings. The Bertz CT molecular complexity index is 1270. The zero-order chi connectivity index (χ0) is 51.0. The molecule has 2 aliphatic rings. The van der Waals surface area contributed by atoms with E-state index in [1.165, 1.54) is 161 Å². The molecule has 0 bridgehead atoms. The summed E-state index contributed by atoms with van der Waals surface area (Å²) in [6, 6.07) is -0.924. The van der Waals surface area contributed by atoms with E-state index in [9.17, 15) is 45.6 Å². The normalized spacial score (nSPS) is 26.1. The second-order valence-electron chi connectivity index (χ2n) is 20.4. The van der Waals surface area contributed by atoms with E-state index in [2.05, 4.69) is 31.3 Å². The van der Waals surface area contributed by atoms with Crippen molar-refractivity contribution < 1.29 is 64.6 Å². The summed E-state index contributed by atoms with van der Waals surface area (Å²) in [4.78, 5) is 13.1. The van der Waals surface area contributed by atoms with E-state index in [0.29, 0.717) is 12.8 Å². The van der Waals surface area contributed by atoms with Crippen molar-refractivity contribution in [3.05, 3.63) is 24.3 Å². The molecule has 2 fully saturated rings. The highest BCUT2D eigenvalue weighted by molar-refractivity contribution is 5.76. The van der Waals surface area contributed by atoms with Gasteiger partial charge in [-0.1, -0.05) is 224 Å². The van der Waals surface area contributed by atoms with Crippen molar-refractivity contribution in [1.29, 1.82) is 0 Å². The van der Waals surface area contributed by atoms with Gasteiger partial charge >= 0.3 is 0 Å². The second kappa shape index (κ2) is 42.8. The van der Waals surface area contributed by atoms with Crippen molar-refractivity contribution in [3.63, 3.8) is 0 Å². The Morgan fingerprint density at radius 1 is 0.500 bits per heavy atom. The van der Waals surface area contributed by atoms with Gasteiger partial charge in [-0.2, -0.15) is 0 Å². The summed E-state index contributed by atoms with van der Waals surface area (Å²) in [5, 5.41) is 86.5. The van der Waals surface area contributed by atoms with Crippen molar-refractivity contribution in [2.24, 2.45) is 0 Å². The van der Waals surface area contributed by atoms with Crippen LogP contribution in [0.4, 0.5) is 0 Å². The predicted molar refractivity (Wildman–Crippen MR) is 277 cm³/mol. The fraction of sp³-hybridized carbons (Fsp3) is 0.911. The van der Waals surface area contributed by atoms with Crippen molar-refractivity contribution >= 4 is 5.91 Å². The Balaban J connectivity index is 1.60. The van der Waals surface area contributed by atoms with Crippen LogP contribution in [0.25, 0.3) is 0 Å². The fourth-order valence-corrected chi connectivity index (χ4v) is 9.49. The maximum Gasteiger partial charge on any atom is 0.220 e. The number of nitrogens with one attached hydrogen (secondary N) is 1. The SMILES string of the molecule is CCC/C=C/CC/C=C/C(O)C(COC1OC(CO)C(OC2OC(CO)C(O)C(O)C2O)C(O)C1O)NC(=O)CCCCCCCCCCCCCCCCCCCCCCCCCCCCCCC. The van der Waals surface area contributed by atoms with Gasteiger partial charge in [0.15, 0.2) is 12.6 Å². The highest BCUT2D eigenvalue weighted by Gasteiger charge is 2.51. The summed E-state index contributed by atoms with van der Waals surface area (Å²) in [7, 11) is 0. The van der Waals surface area contributed by atoms with Crippen LogP contribution in [0.3, 0.4) is 0 Å². The molecule has 70 heavy (non-hydrogen) atoms. The minimum Gasteiger partial charge on any atom is -0.394 e. The van der Waals surface area contributed by atoms with E-state index in [1.807, 2.05) is 6.08 Å². The smallest absolute Gasteiger partial charge is 0.220 e. The van der Waals surface area contributed by atoms with Gasteiger partial charge in [-0.25, -0.2) is 0 Å². The number of ether oxygens (including phenoxy) is 4. The van der Waals surface area contributed by atoms with Gasteiger partial charge in [0.1, 0.15) is 48.8 Å². The summed E-state index contributed by atoms with van der Waals surface area (Å²) >= 11 is 0.